The molecule has 0 spiro atoms. The van der Waals surface area contributed by atoms with E-state index in [1.807, 2.05) is 18.2 Å². The number of nitrogens with two attached hydrogens (primary N) is 1. The molecule has 0 aliphatic carbocycles. The predicted molar refractivity (Wildman–Crippen MR) is 86.8 cm³/mol. The second kappa shape index (κ2) is 7.22. The molecule has 0 unspecified atom stereocenters. The lowest BCUT2D eigenvalue weighted by Crippen LogP contribution is -2.38. The van der Waals surface area contributed by atoms with Gasteiger partial charge in [-0.05, 0) is 5.56 Å². The molecular weight excluding hydrogens is 302 g/mol. The van der Waals surface area contributed by atoms with Crippen molar-refractivity contribution in [3.05, 3.63) is 35.9 Å². The summed E-state index contributed by atoms with van der Waals surface area (Å²) in [5.41, 5.74) is 7.52. The van der Waals surface area contributed by atoms with Gasteiger partial charge in [0, 0.05) is 51.0 Å². The van der Waals surface area contributed by atoms with Gasteiger partial charge in [-0.15, -0.1) is 12.4 Å². The molecule has 1 aromatic rings. The van der Waals surface area contributed by atoms with Crippen LogP contribution in [0.5, 0.6) is 0 Å². The summed E-state index contributed by atoms with van der Waals surface area (Å²) in [4.78, 5) is 26.8. The van der Waals surface area contributed by atoms with Crippen LogP contribution in [0, 0.1) is 0 Å². The summed E-state index contributed by atoms with van der Waals surface area (Å²) in [6.07, 6.45) is 0.732. The number of hydrogen-bond donors (Lipinski definition) is 1. The molecule has 3 rings (SSSR count). The van der Waals surface area contributed by atoms with E-state index in [1.54, 1.807) is 0 Å². The highest BCUT2D eigenvalue weighted by atomic mass is 35.5. The van der Waals surface area contributed by atoms with E-state index < -0.39 is 0 Å². The number of amides is 2. The quantitative estimate of drug-likeness (QED) is 0.839. The van der Waals surface area contributed by atoms with Crippen molar-refractivity contribution < 1.29 is 9.59 Å². The van der Waals surface area contributed by atoms with Crippen molar-refractivity contribution in [3.63, 3.8) is 0 Å². The first-order valence-electron chi connectivity index (χ1n) is 7.51. The first-order valence-corrected chi connectivity index (χ1v) is 7.51. The zero-order chi connectivity index (χ0) is 14.8. The minimum atomic E-state index is -0.0388. The van der Waals surface area contributed by atoms with Gasteiger partial charge in [-0.1, -0.05) is 30.3 Å². The maximum Gasteiger partial charge on any atom is 0.229 e. The van der Waals surface area contributed by atoms with Crippen LogP contribution in [0.25, 0.3) is 0 Å². The van der Waals surface area contributed by atoms with E-state index in [4.69, 9.17) is 5.73 Å². The van der Waals surface area contributed by atoms with Crippen LogP contribution in [-0.4, -0.2) is 53.8 Å². The Morgan fingerprint density at radius 2 is 1.64 bits per heavy atom. The molecule has 2 atom stereocenters. The lowest BCUT2D eigenvalue weighted by molar-refractivity contribution is -0.138. The number of imide groups is 1. The Kier molecular flexibility index (Phi) is 5.56. The molecule has 0 radical (unpaired) electrons. The van der Waals surface area contributed by atoms with Crippen LogP contribution >= 0.6 is 12.4 Å². The number of carbonyl (C=O) groups excluding carboxylic acids is 2. The summed E-state index contributed by atoms with van der Waals surface area (Å²) in [5.74, 6) is 0.252. The van der Waals surface area contributed by atoms with Crippen molar-refractivity contribution in [3.8, 4) is 0 Å². The first kappa shape index (κ1) is 16.9. The largest absolute Gasteiger partial charge is 0.326 e. The van der Waals surface area contributed by atoms with Crippen molar-refractivity contribution in [2.24, 2.45) is 5.73 Å². The molecule has 0 bridgehead atoms. The van der Waals surface area contributed by atoms with Gasteiger partial charge < -0.3 is 5.73 Å². The summed E-state index contributed by atoms with van der Waals surface area (Å²) >= 11 is 0. The molecule has 2 fully saturated rings. The third kappa shape index (κ3) is 3.48. The molecule has 2 aliphatic heterocycles. The fraction of sp³-hybridized carbons (Fsp3) is 0.500. The van der Waals surface area contributed by atoms with E-state index in [-0.39, 0.29) is 30.3 Å². The van der Waals surface area contributed by atoms with Crippen molar-refractivity contribution in [2.45, 2.75) is 24.8 Å². The monoisotopic (exact) mass is 323 g/mol. The Hall–Kier alpha value is -1.43. The van der Waals surface area contributed by atoms with Crippen LogP contribution in [0.4, 0.5) is 0 Å². The number of rotatable bonds is 4. The lowest BCUT2D eigenvalue weighted by atomic mass is 9.95. The highest BCUT2D eigenvalue weighted by Gasteiger charge is 2.33. The SMILES string of the molecule is Cl.N[C@@H]1CN(CCN2C(=O)CCC2=O)C[C@H]1c1ccccc1. The molecule has 120 valence electrons. The van der Waals surface area contributed by atoms with Gasteiger partial charge in [0.05, 0.1) is 0 Å². The van der Waals surface area contributed by atoms with E-state index in [0.717, 1.165) is 13.1 Å². The molecule has 22 heavy (non-hydrogen) atoms. The third-order valence-corrected chi connectivity index (χ3v) is 4.46. The van der Waals surface area contributed by atoms with E-state index in [2.05, 4.69) is 17.0 Å². The fourth-order valence-electron chi connectivity index (χ4n) is 3.26. The highest BCUT2D eigenvalue weighted by Crippen LogP contribution is 2.26. The summed E-state index contributed by atoms with van der Waals surface area (Å²) < 4.78 is 0. The first-order chi connectivity index (χ1) is 10.1. The molecule has 2 heterocycles. The van der Waals surface area contributed by atoms with Crippen LogP contribution in [0.2, 0.25) is 0 Å². The lowest BCUT2D eigenvalue weighted by Gasteiger charge is -2.20. The fourth-order valence-corrected chi connectivity index (χ4v) is 3.26. The second-order valence-electron chi connectivity index (χ2n) is 5.88. The van der Waals surface area contributed by atoms with E-state index in [0.29, 0.717) is 31.8 Å². The molecule has 2 amide bonds. The Morgan fingerprint density at radius 3 is 2.27 bits per heavy atom. The number of nitrogens with zero attached hydrogens (tertiary/aromatic N) is 2. The molecule has 2 N–H and O–H groups in total. The normalized spacial score (nSPS) is 25.6. The minimum Gasteiger partial charge on any atom is -0.326 e. The summed E-state index contributed by atoms with van der Waals surface area (Å²) in [6, 6.07) is 10.4. The predicted octanol–water partition coefficient (Wildman–Crippen LogP) is 0.984. The van der Waals surface area contributed by atoms with Gasteiger partial charge in [-0.2, -0.15) is 0 Å². The average molecular weight is 324 g/mol. The van der Waals surface area contributed by atoms with E-state index >= 15 is 0 Å². The number of carbonyl (C=O) groups is 2. The average Bonchev–Trinajstić information content (AvgIpc) is 3.01. The Morgan fingerprint density at radius 1 is 1.00 bits per heavy atom. The molecule has 2 aliphatic rings. The molecule has 0 aromatic heterocycles. The van der Waals surface area contributed by atoms with Crippen molar-refractivity contribution in [1.29, 1.82) is 0 Å². The second-order valence-corrected chi connectivity index (χ2v) is 5.88. The highest BCUT2D eigenvalue weighted by molar-refractivity contribution is 6.01. The van der Waals surface area contributed by atoms with Gasteiger partial charge in [0.1, 0.15) is 0 Å². The number of likely N-dealkylation sites (tertiary alicyclic amines) is 2. The molecular formula is C16H22ClN3O2. The van der Waals surface area contributed by atoms with Crippen LogP contribution in [0.3, 0.4) is 0 Å². The van der Waals surface area contributed by atoms with Gasteiger partial charge in [-0.25, -0.2) is 0 Å². The van der Waals surface area contributed by atoms with Gasteiger partial charge in [0.25, 0.3) is 0 Å². The summed E-state index contributed by atoms with van der Waals surface area (Å²) in [6.45, 7) is 2.91. The van der Waals surface area contributed by atoms with E-state index in [1.165, 1.54) is 10.5 Å². The van der Waals surface area contributed by atoms with Gasteiger partial charge in [-0.3, -0.25) is 19.4 Å². The summed E-state index contributed by atoms with van der Waals surface area (Å²) in [7, 11) is 0. The zero-order valence-corrected chi connectivity index (χ0v) is 13.3. The molecule has 2 saturated heterocycles. The minimum absolute atomic E-state index is 0. The molecule has 0 saturated carbocycles. The zero-order valence-electron chi connectivity index (χ0n) is 12.5. The van der Waals surface area contributed by atoms with Gasteiger partial charge >= 0.3 is 0 Å². The Balaban J connectivity index is 0.00000176. The van der Waals surface area contributed by atoms with Crippen LogP contribution in [0.1, 0.15) is 24.3 Å². The van der Waals surface area contributed by atoms with Gasteiger partial charge in [0.2, 0.25) is 11.8 Å². The molecule has 1 aromatic carbocycles. The maximum absolute atomic E-state index is 11.6. The van der Waals surface area contributed by atoms with Crippen molar-refractivity contribution >= 4 is 24.2 Å². The van der Waals surface area contributed by atoms with E-state index in [9.17, 15) is 9.59 Å². The standard InChI is InChI=1S/C16H21N3O2.ClH/c17-14-11-18(8-9-19-15(20)6-7-16(19)21)10-13(14)12-4-2-1-3-5-12;/h1-5,13-14H,6-11,17H2;1H/t13-,14+;/m0./s1. The van der Waals surface area contributed by atoms with Gasteiger partial charge in [0.15, 0.2) is 0 Å². The number of hydrogen-bond acceptors (Lipinski definition) is 4. The Labute approximate surface area is 136 Å². The van der Waals surface area contributed by atoms with Crippen molar-refractivity contribution in [2.75, 3.05) is 26.2 Å². The third-order valence-electron chi connectivity index (χ3n) is 4.46. The van der Waals surface area contributed by atoms with Crippen LogP contribution in [-0.2, 0) is 9.59 Å². The summed E-state index contributed by atoms with van der Waals surface area (Å²) in [5, 5.41) is 0. The number of halogens is 1. The Bertz CT molecular complexity index is 521. The topological polar surface area (TPSA) is 66.6 Å². The number of benzene rings is 1. The smallest absolute Gasteiger partial charge is 0.229 e. The molecule has 5 nitrogen and oxygen atoms in total. The van der Waals surface area contributed by atoms with Crippen LogP contribution < -0.4 is 5.73 Å². The maximum atomic E-state index is 11.6. The molecule has 6 heteroatoms. The van der Waals surface area contributed by atoms with Crippen molar-refractivity contribution in [1.82, 2.24) is 9.80 Å². The van der Waals surface area contributed by atoms with Crippen LogP contribution in [0.15, 0.2) is 30.3 Å².